The fourth-order valence-corrected chi connectivity index (χ4v) is 5.27. The van der Waals surface area contributed by atoms with E-state index in [1.165, 1.54) is 27.9 Å². The molecule has 0 bridgehead atoms. The number of aromatic nitrogens is 4. The minimum absolute atomic E-state index is 0.195. The lowest BCUT2D eigenvalue weighted by molar-refractivity contribution is -0.137. The van der Waals surface area contributed by atoms with Gasteiger partial charge in [0.15, 0.2) is 4.96 Å². The molecule has 0 aliphatic heterocycles. The van der Waals surface area contributed by atoms with Crippen molar-refractivity contribution in [3.05, 3.63) is 124 Å². The van der Waals surface area contributed by atoms with Crippen molar-refractivity contribution in [1.29, 1.82) is 0 Å². The molecule has 0 radical (unpaired) electrons. The van der Waals surface area contributed by atoms with Crippen LogP contribution in [-0.4, -0.2) is 26.3 Å². The van der Waals surface area contributed by atoms with Gasteiger partial charge in [-0.15, -0.1) is 11.3 Å². The first-order chi connectivity index (χ1) is 19.8. The van der Waals surface area contributed by atoms with E-state index in [1.807, 2.05) is 60.8 Å². The van der Waals surface area contributed by atoms with Crippen LogP contribution in [0.2, 0.25) is 0 Å². The maximum absolute atomic E-state index is 13.5. The minimum atomic E-state index is -4.49. The van der Waals surface area contributed by atoms with Gasteiger partial charge in [-0.2, -0.15) is 18.3 Å². The summed E-state index contributed by atoms with van der Waals surface area (Å²) in [5, 5.41) is 6.57. The summed E-state index contributed by atoms with van der Waals surface area (Å²) >= 11 is 1.29. The molecule has 0 unspecified atom stereocenters. The zero-order valence-corrected chi connectivity index (χ0v) is 22.4. The average molecular weight is 571 g/mol. The summed E-state index contributed by atoms with van der Waals surface area (Å²) in [4.78, 5) is 18.7. The Morgan fingerprint density at radius 3 is 2.39 bits per heavy atom. The fourth-order valence-electron chi connectivity index (χ4n) is 4.55. The molecule has 0 aliphatic rings. The normalized spacial score (nSPS) is 11.9. The molecule has 0 fully saturated rings. The van der Waals surface area contributed by atoms with Crippen molar-refractivity contribution in [2.24, 2.45) is 0 Å². The van der Waals surface area contributed by atoms with Gasteiger partial charge >= 0.3 is 6.18 Å². The molecular formula is C31H21F3N4O2S. The molecule has 41 heavy (non-hydrogen) atoms. The summed E-state index contributed by atoms with van der Waals surface area (Å²) in [6, 6.07) is 21.7. The van der Waals surface area contributed by atoms with Gasteiger partial charge in [0.2, 0.25) is 0 Å². The zero-order chi connectivity index (χ0) is 28.6. The minimum Gasteiger partial charge on any atom is -0.496 e. The monoisotopic (exact) mass is 570 g/mol. The number of hydrogen-bond acceptors (Lipinski definition) is 5. The number of para-hydroxylation sites is 2. The second-order valence-corrected chi connectivity index (χ2v) is 9.93. The summed E-state index contributed by atoms with van der Waals surface area (Å²) in [5.41, 5.74) is 2.69. The van der Waals surface area contributed by atoms with E-state index in [0.717, 1.165) is 28.9 Å². The van der Waals surface area contributed by atoms with Crippen molar-refractivity contribution in [2.75, 3.05) is 7.11 Å². The quantitative estimate of drug-likeness (QED) is 0.208. The van der Waals surface area contributed by atoms with Crippen molar-refractivity contribution in [2.45, 2.75) is 6.18 Å². The first-order valence-electron chi connectivity index (χ1n) is 12.5. The van der Waals surface area contributed by atoms with Crippen LogP contribution in [0.5, 0.6) is 5.75 Å². The molecule has 6 aromatic rings. The number of rotatable bonds is 6. The van der Waals surface area contributed by atoms with Gasteiger partial charge in [-0.25, -0.2) is 9.67 Å². The summed E-state index contributed by atoms with van der Waals surface area (Å²) in [6.07, 6.45) is 2.47. The molecule has 0 amide bonds. The van der Waals surface area contributed by atoms with Gasteiger partial charge in [0.05, 0.1) is 29.6 Å². The Balaban J connectivity index is 1.51. The number of thiazole rings is 1. The summed E-state index contributed by atoms with van der Waals surface area (Å²) in [6.45, 7) is 0. The zero-order valence-electron chi connectivity index (χ0n) is 21.5. The van der Waals surface area contributed by atoms with Crippen LogP contribution in [0, 0.1) is 0 Å². The largest absolute Gasteiger partial charge is 0.496 e. The number of benzene rings is 3. The van der Waals surface area contributed by atoms with Gasteiger partial charge in [0, 0.05) is 28.9 Å². The first kappa shape index (κ1) is 26.3. The Kier molecular flexibility index (Phi) is 6.76. The molecular weight excluding hydrogens is 549 g/mol. The molecule has 3 heterocycles. The fraction of sp³-hybridized carbons (Fsp3) is 0.0645. The Morgan fingerprint density at radius 1 is 0.927 bits per heavy atom. The van der Waals surface area contributed by atoms with Crippen LogP contribution in [0.1, 0.15) is 16.8 Å². The molecule has 3 aromatic carbocycles. The smallest absolute Gasteiger partial charge is 0.416 e. The van der Waals surface area contributed by atoms with Gasteiger partial charge in [-0.3, -0.25) is 9.20 Å². The van der Waals surface area contributed by atoms with Crippen molar-refractivity contribution in [3.8, 4) is 33.8 Å². The van der Waals surface area contributed by atoms with Crippen molar-refractivity contribution < 1.29 is 17.9 Å². The Labute approximate surface area is 236 Å². The van der Waals surface area contributed by atoms with Crippen LogP contribution in [0.3, 0.4) is 0 Å². The second kappa shape index (κ2) is 10.5. The van der Waals surface area contributed by atoms with E-state index in [4.69, 9.17) is 9.84 Å². The van der Waals surface area contributed by atoms with Crippen molar-refractivity contribution in [3.63, 3.8) is 0 Å². The second-order valence-electron chi connectivity index (χ2n) is 9.05. The number of halogens is 3. The molecule has 6 rings (SSSR count). The molecule has 6 nitrogen and oxygen atoms in total. The number of alkyl halides is 3. The number of nitrogens with zero attached hydrogens (tertiary/aromatic N) is 4. The van der Waals surface area contributed by atoms with Crippen molar-refractivity contribution >= 4 is 28.4 Å². The number of methoxy groups -OCH3 is 1. The van der Waals surface area contributed by atoms with Crippen molar-refractivity contribution in [1.82, 2.24) is 19.2 Å². The third-order valence-corrected chi connectivity index (χ3v) is 7.30. The predicted molar refractivity (Wildman–Crippen MR) is 154 cm³/mol. The SMILES string of the molecule is COc1ccccc1-c1nn(-c2ccccc2)cc1/C=C/c1nc2sccn2c(=O)c1-c1ccc(C(F)(F)F)cc1. The topological polar surface area (TPSA) is 61.4 Å². The van der Waals surface area contributed by atoms with Gasteiger partial charge < -0.3 is 4.74 Å². The molecule has 204 valence electrons. The molecule has 0 aliphatic carbocycles. The van der Waals surface area contributed by atoms with Crippen LogP contribution in [0.15, 0.2) is 101 Å². The summed E-state index contributed by atoms with van der Waals surface area (Å²) in [5.74, 6) is 0.641. The van der Waals surface area contributed by atoms with E-state index < -0.39 is 11.7 Å². The predicted octanol–water partition coefficient (Wildman–Crippen LogP) is 7.47. The van der Waals surface area contributed by atoms with Gasteiger partial charge in [0.25, 0.3) is 5.56 Å². The van der Waals surface area contributed by atoms with E-state index in [0.29, 0.717) is 27.7 Å². The van der Waals surface area contributed by atoms with Crippen LogP contribution in [-0.2, 0) is 6.18 Å². The van der Waals surface area contributed by atoms with Gasteiger partial charge in [-0.05, 0) is 54.1 Å². The molecule has 0 saturated carbocycles. The molecule has 0 spiro atoms. The molecule has 0 N–H and O–H groups in total. The van der Waals surface area contributed by atoms with E-state index in [1.54, 1.807) is 35.5 Å². The Hall–Kier alpha value is -4.96. The van der Waals surface area contributed by atoms with Crippen LogP contribution < -0.4 is 10.3 Å². The van der Waals surface area contributed by atoms with E-state index in [9.17, 15) is 18.0 Å². The number of fused-ring (bicyclic) bond motifs is 1. The first-order valence-corrected chi connectivity index (χ1v) is 13.4. The highest BCUT2D eigenvalue weighted by atomic mass is 32.1. The van der Waals surface area contributed by atoms with Crippen LogP contribution >= 0.6 is 11.3 Å². The van der Waals surface area contributed by atoms with E-state index >= 15 is 0 Å². The lowest BCUT2D eigenvalue weighted by Gasteiger charge is -2.09. The van der Waals surface area contributed by atoms with Gasteiger partial charge in [-0.1, -0.05) is 42.5 Å². The summed E-state index contributed by atoms with van der Waals surface area (Å²) in [7, 11) is 1.59. The lowest BCUT2D eigenvalue weighted by atomic mass is 10.0. The highest BCUT2D eigenvalue weighted by Gasteiger charge is 2.30. The third-order valence-electron chi connectivity index (χ3n) is 6.54. The number of ether oxygens (including phenoxy) is 1. The van der Waals surface area contributed by atoms with E-state index in [-0.39, 0.29) is 11.1 Å². The highest BCUT2D eigenvalue weighted by Crippen LogP contribution is 2.34. The molecule has 10 heteroatoms. The average Bonchev–Trinajstić information content (AvgIpc) is 3.64. The Bertz CT molecular complexity index is 1940. The Morgan fingerprint density at radius 2 is 1.66 bits per heavy atom. The standard InChI is InChI=1S/C31H21F3N4O2S/c1-40-26-10-6-5-9-24(26)28-21(19-38(36-28)23-7-3-2-4-8-23)13-16-25-27(29(39)37-17-18-41-30(37)35-25)20-11-14-22(15-12-20)31(32,33)34/h2-19H,1H3/b16-13+. The molecule has 0 atom stereocenters. The summed E-state index contributed by atoms with van der Waals surface area (Å²) < 4.78 is 48.4. The molecule has 3 aromatic heterocycles. The van der Waals surface area contributed by atoms with Crippen LogP contribution in [0.4, 0.5) is 13.2 Å². The third kappa shape index (κ3) is 5.05. The van der Waals surface area contributed by atoms with Crippen LogP contribution in [0.25, 0.3) is 45.2 Å². The lowest BCUT2D eigenvalue weighted by Crippen LogP contribution is -2.17. The van der Waals surface area contributed by atoms with E-state index in [2.05, 4.69) is 4.98 Å². The maximum Gasteiger partial charge on any atom is 0.416 e. The molecule has 0 saturated heterocycles. The maximum atomic E-state index is 13.5. The highest BCUT2D eigenvalue weighted by molar-refractivity contribution is 7.15. The number of hydrogen-bond donors (Lipinski definition) is 0. The van der Waals surface area contributed by atoms with Gasteiger partial charge in [0.1, 0.15) is 11.4 Å².